The molecule has 0 aromatic heterocycles. The van der Waals surface area contributed by atoms with Crippen LogP contribution in [0.2, 0.25) is 5.02 Å². The van der Waals surface area contributed by atoms with E-state index in [2.05, 4.69) is 6.92 Å². The van der Waals surface area contributed by atoms with Gasteiger partial charge in [-0.05, 0) is 61.8 Å². The molecule has 100 valence electrons. The quantitative estimate of drug-likeness (QED) is 0.869. The lowest BCUT2D eigenvalue weighted by molar-refractivity contribution is 0.228. The standard InChI is InChI=1S/C15H21ClFN/c1-2-11-5-7-15(18,8-6-11)10-12-9-13(17)3-4-14(12)16/h3-4,9,11H,2,5-8,10,18H2,1H3. The fraction of sp³-hybridized carbons (Fsp3) is 0.600. The van der Waals surface area contributed by atoms with Crippen LogP contribution in [0, 0.1) is 11.7 Å². The third-order valence-corrected chi connectivity index (χ3v) is 4.60. The van der Waals surface area contributed by atoms with Crippen LogP contribution in [0.3, 0.4) is 0 Å². The van der Waals surface area contributed by atoms with Crippen molar-refractivity contribution in [2.75, 3.05) is 0 Å². The van der Waals surface area contributed by atoms with Gasteiger partial charge in [0.1, 0.15) is 5.82 Å². The largest absolute Gasteiger partial charge is 0.325 e. The zero-order valence-corrected chi connectivity index (χ0v) is 11.6. The van der Waals surface area contributed by atoms with Gasteiger partial charge in [-0.15, -0.1) is 0 Å². The van der Waals surface area contributed by atoms with Crippen molar-refractivity contribution in [2.24, 2.45) is 11.7 Å². The predicted octanol–water partition coefficient (Wildman–Crippen LogP) is 4.32. The zero-order valence-electron chi connectivity index (χ0n) is 10.9. The summed E-state index contributed by atoms with van der Waals surface area (Å²) in [6.45, 7) is 2.23. The van der Waals surface area contributed by atoms with Gasteiger partial charge in [0.2, 0.25) is 0 Å². The number of hydrogen-bond donors (Lipinski definition) is 1. The van der Waals surface area contributed by atoms with Crippen molar-refractivity contribution in [2.45, 2.75) is 51.0 Å². The van der Waals surface area contributed by atoms with Crippen molar-refractivity contribution >= 4 is 11.6 Å². The lowest BCUT2D eigenvalue weighted by Gasteiger charge is -2.37. The SMILES string of the molecule is CCC1CCC(N)(Cc2cc(F)ccc2Cl)CC1. The van der Waals surface area contributed by atoms with Gasteiger partial charge in [-0.3, -0.25) is 0 Å². The van der Waals surface area contributed by atoms with E-state index in [1.165, 1.54) is 31.4 Å². The molecule has 0 saturated heterocycles. The molecule has 0 amide bonds. The number of hydrogen-bond acceptors (Lipinski definition) is 1. The van der Waals surface area contributed by atoms with Crippen molar-refractivity contribution in [3.8, 4) is 0 Å². The Labute approximate surface area is 114 Å². The van der Waals surface area contributed by atoms with Gasteiger partial charge in [0.05, 0.1) is 0 Å². The normalized spacial score (nSPS) is 28.3. The zero-order chi connectivity index (χ0) is 13.2. The molecule has 0 spiro atoms. The molecule has 0 aliphatic heterocycles. The van der Waals surface area contributed by atoms with Crippen molar-refractivity contribution in [3.63, 3.8) is 0 Å². The Bertz CT molecular complexity index is 411. The number of nitrogens with two attached hydrogens (primary N) is 1. The van der Waals surface area contributed by atoms with Gasteiger partial charge in [-0.1, -0.05) is 24.9 Å². The first-order chi connectivity index (χ1) is 8.52. The van der Waals surface area contributed by atoms with Crippen molar-refractivity contribution < 1.29 is 4.39 Å². The maximum Gasteiger partial charge on any atom is 0.123 e. The average molecular weight is 270 g/mol. The van der Waals surface area contributed by atoms with Crippen LogP contribution >= 0.6 is 11.6 Å². The maximum atomic E-state index is 13.2. The summed E-state index contributed by atoms with van der Waals surface area (Å²) in [7, 11) is 0. The summed E-state index contributed by atoms with van der Waals surface area (Å²) >= 11 is 6.11. The molecule has 0 bridgehead atoms. The van der Waals surface area contributed by atoms with E-state index in [9.17, 15) is 4.39 Å². The molecule has 0 heterocycles. The summed E-state index contributed by atoms with van der Waals surface area (Å²) in [4.78, 5) is 0. The van der Waals surface area contributed by atoms with Gasteiger partial charge in [0, 0.05) is 10.6 Å². The van der Waals surface area contributed by atoms with Crippen LogP contribution in [0.15, 0.2) is 18.2 Å². The first kappa shape index (κ1) is 13.8. The van der Waals surface area contributed by atoms with Gasteiger partial charge < -0.3 is 5.73 Å². The molecule has 3 heteroatoms. The molecule has 18 heavy (non-hydrogen) atoms. The summed E-state index contributed by atoms with van der Waals surface area (Å²) in [5, 5.41) is 0.624. The predicted molar refractivity (Wildman–Crippen MR) is 74.3 cm³/mol. The molecule has 1 aliphatic rings. The van der Waals surface area contributed by atoms with E-state index in [0.29, 0.717) is 11.4 Å². The molecule has 1 aromatic rings. The van der Waals surface area contributed by atoms with Crippen LogP contribution in [0.25, 0.3) is 0 Å². The Kier molecular flexibility index (Phi) is 4.29. The second kappa shape index (κ2) is 5.58. The number of rotatable bonds is 3. The maximum absolute atomic E-state index is 13.2. The monoisotopic (exact) mass is 269 g/mol. The van der Waals surface area contributed by atoms with Crippen LogP contribution < -0.4 is 5.73 Å². The molecule has 0 atom stereocenters. The van der Waals surface area contributed by atoms with Crippen LogP contribution in [0.1, 0.15) is 44.6 Å². The fourth-order valence-corrected chi connectivity index (χ4v) is 3.08. The smallest absolute Gasteiger partial charge is 0.123 e. The minimum Gasteiger partial charge on any atom is -0.325 e. The van der Waals surface area contributed by atoms with E-state index in [1.807, 2.05) is 0 Å². The van der Waals surface area contributed by atoms with E-state index in [4.69, 9.17) is 17.3 Å². The van der Waals surface area contributed by atoms with Gasteiger partial charge >= 0.3 is 0 Å². The van der Waals surface area contributed by atoms with Gasteiger partial charge in [-0.25, -0.2) is 4.39 Å². The van der Waals surface area contributed by atoms with E-state index in [1.54, 1.807) is 6.07 Å². The molecular formula is C15H21ClFN. The molecule has 1 aromatic carbocycles. The molecule has 1 aliphatic carbocycles. The first-order valence-corrected chi connectivity index (χ1v) is 7.13. The molecule has 1 saturated carbocycles. The minimum absolute atomic E-state index is 0.205. The third kappa shape index (κ3) is 3.24. The molecule has 0 radical (unpaired) electrons. The Hall–Kier alpha value is -0.600. The minimum atomic E-state index is -0.236. The summed E-state index contributed by atoms with van der Waals surface area (Å²) in [5.41, 5.74) is 7.08. The van der Waals surface area contributed by atoms with Crippen LogP contribution in [0.5, 0.6) is 0 Å². The van der Waals surface area contributed by atoms with E-state index in [0.717, 1.165) is 24.3 Å². The highest BCUT2D eigenvalue weighted by molar-refractivity contribution is 6.31. The van der Waals surface area contributed by atoms with Gasteiger partial charge in [-0.2, -0.15) is 0 Å². The summed E-state index contributed by atoms with van der Waals surface area (Å²) in [6.07, 6.45) is 6.30. The Morgan fingerprint density at radius 1 is 1.39 bits per heavy atom. The lowest BCUT2D eigenvalue weighted by atomic mass is 9.73. The molecule has 0 unspecified atom stereocenters. The molecule has 2 N–H and O–H groups in total. The number of benzene rings is 1. The fourth-order valence-electron chi connectivity index (χ4n) is 2.90. The van der Waals surface area contributed by atoms with E-state index >= 15 is 0 Å². The average Bonchev–Trinajstić information content (AvgIpc) is 2.35. The molecular weight excluding hydrogens is 249 g/mol. The molecule has 1 fully saturated rings. The van der Waals surface area contributed by atoms with Crippen LogP contribution in [0.4, 0.5) is 4.39 Å². The van der Waals surface area contributed by atoms with E-state index in [-0.39, 0.29) is 11.4 Å². The van der Waals surface area contributed by atoms with Crippen LogP contribution in [-0.4, -0.2) is 5.54 Å². The molecule has 1 nitrogen and oxygen atoms in total. The third-order valence-electron chi connectivity index (χ3n) is 4.23. The first-order valence-electron chi connectivity index (χ1n) is 6.75. The van der Waals surface area contributed by atoms with E-state index < -0.39 is 0 Å². The second-order valence-electron chi connectivity index (χ2n) is 5.63. The summed E-state index contributed by atoms with van der Waals surface area (Å²) in [6, 6.07) is 4.53. The Balaban J connectivity index is 2.06. The topological polar surface area (TPSA) is 26.0 Å². The summed E-state index contributed by atoms with van der Waals surface area (Å²) in [5.74, 6) is 0.574. The van der Waals surface area contributed by atoms with Crippen molar-refractivity contribution in [3.05, 3.63) is 34.6 Å². The highest BCUT2D eigenvalue weighted by atomic mass is 35.5. The Morgan fingerprint density at radius 2 is 2.06 bits per heavy atom. The molecule has 2 rings (SSSR count). The number of halogens is 2. The Morgan fingerprint density at radius 3 is 2.67 bits per heavy atom. The van der Waals surface area contributed by atoms with Crippen molar-refractivity contribution in [1.29, 1.82) is 0 Å². The van der Waals surface area contributed by atoms with Crippen molar-refractivity contribution in [1.82, 2.24) is 0 Å². The van der Waals surface area contributed by atoms with Crippen LogP contribution in [-0.2, 0) is 6.42 Å². The highest BCUT2D eigenvalue weighted by Gasteiger charge is 2.31. The lowest BCUT2D eigenvalue weighted by Crippen LogP contribution is -2.45. The van der Waals surface area contributed by atoms with Gasteiger partial charge in [0.25, 0.3) is 0 Å². The summed E-state index contributed by atoms with van der Waals surface area (Å²) < 4.78 is 13.2. The second-order valence-corrected chi connectivity index (χ2v) is 6.03. The van der Waals surface area contributed by atoms with Gasteiger partial charge in [0.15, 0.2) is 0 Å². The highest BCUT2D eigenvalue weighted by Crippen LogP contribution is 2.35.